The second kappa shape index (κ2) is 10.0. The first-order valence-electron chi connectivity index (χ1n) is 11.6. The van der Waals surface area contributed by atoms with Crippen molar-refractivity contribution in [3.8, 4) is 11.5 Å². The van der Waals surface area contributed by atoms with Crippen molar-refractivity contribution in [2.24, 2.45) is 0 Å². The van der Waals surface area contributed by atoms with Gasteiger partial charge in [-0.3, -0.25) is 9.59 Å². The number of furan rings is 1. The molecule has 1 aliphatic rings. The first-order chi connectivity index (χ1) is 17.9. The molecule has 37 heavy (non-hydrogen) atoms. The average molecular weight is 518 g/mol. The highest BCUT2D eigenvalue weighted by Crippen LogP contribution is 2.40. The number of methoxy groups -OCH3 is 2. The van der Waals surface area contributed by atoms with E-state index in [0.717, 1.165) is 5.56 Å². The third-order valence-electron chi connectivity index (χ3n) is 6.46. The summed E-state index contributed by atoms with van der Waals surface area (Å²) in [6.07, 6.45) is 0.466. The monoisotopic (exact) mass is 517 g/mol. The molecule has 3 aromatic carbocycles. The summed E-state index contributed by atoms with van der Waals surface area (Å²) >= 11 is 6.08. The van der Waals surface area contributed by atoms with Gasteiger partial charge in [0.05, 0.1) is 25.8 Å². The number of aliphatic hydroxyl groups is 1. The van der Waals surface area contributed by atoms with Crippen LogP contribution in [0.15, 0.2) is 88.5 Å². The predicted octanol–water partition coefficient (Wildman–Crippen LogP) is 5.92. The fourth-order valence-corrected chi connectivity index (χ4v) is 4.82. The summed E-state index contributed by atoms with van der Waals surface area (Å²) in [5.41, 5.74) is 2.08. The first-order valence-corrected chi connectivity index (χ1v) is 12.0. The lowest BCUT2D eigenvalue weighted by Crippen LogP contribution is -2.33. The minimum Gasteiger partial charge on any atom is -0.503 e. The number of carbonyl (C=O) groups is 2. The zero-order valence-corrected chi connectivity index (χ0v) is 21.0. The maximum absolute atomic E-state index is 13.7. The van der Waals surface area contributed by atoms with Crippen LogP contribution in [0.1, 0.15) is 27.7 Å². The van der Waals surface area contributed by atoms with E-state index in [4.69, 9.17) is 25.5 Å². The van der Waals surface area contributed by atoms with Crippen molar-refractivity contribution in [1.82, 2.24) is 4.90 Å². The number of ketones is 1. The molecule has 0 fully saturated rings. The third kappa shape index (κ3) is 4.54. The number of halogens is 1. The Labute approximate surface area is 218 Å². The minimum atomic E-state index is -0.779. The molecule has 1 unspecified atom stereocenters. The molecule has 188 valence electrons. The quantitative estimate of drug-likeness (QED) is 0.292. The Hall–Kier alpha value is -4.23. The molecule has 1 aliphatic heterocycles. The van der Waals surface area contributed by atoms with Crippen molar-refractivity contribution in [3.05, 3.63) is 106 Å². The molecule has 1 aromatic heterocycles. The van der Waals surface area contributed by atoms with Gasteiger partial charge in [0.25, 0.3) is 5.91 Å². The molecule has 1 amide bonds. The van der Waals surface area contributed by atoms with Gasteiger partial charge in [0.1, 0.15) is 5.58 Å². The molecule has 4 aromatic rings. The largest absolute Gasteiger partial charge is 0.503 e. The zero-order valence-electron chi connectivity index (χ0n) is 20.2. The molecule has 1 N–H and O–H groups in total. The lowest BCUT2D eigenvalue weighted by atomic mass is 9.95. The highest BCUT2D eigenvalue weighted by molar-refractivity contribution is 6.31. The predicted molar refractivity (Wildman–Crippen MR) is 139 cm³/mol. The average Bonchev–Trinajstić information content (AvgIpc) is 3.45. The Morgan fingerprint density at radius 2 is 1.76 bits per heavy atom. The van der Waals surface area contributed by atoms with Crippen molar-refractivity contribution in [2.45, 2.75) is 12.5 Å². The van der Waals surface area contributed by atoms with Crippen molar-refractivity contribution >= 4 is 34.3 Å². The molecule has 0 spiro atoms. The summed E-state index contributed by atoms with van der Waals surface area (Å²) < 4.78 is 16.5. The second-order valence-electron chi connectivity index (χ2n) is 8.64. The van der Waals surface area contributed by atoms with Gasteiger partial charge in [-0.15, -0.1) is 0 Å². The molecule has 0 bridgehead atoms. The van der Waals surface area contributed by atoms with E-state index in [1.165, 1.54) is 4.90 Å². The number of ether oxygens (including phenoxy) is 2. The van der Waals surface area contributed by atoms with E-state index in [-0.39, 0.29) is 17.9 Å². The lowest BCUT2D eigenvalue weighted by molar-refractivity contribution is -0.129. The van der Waals surface area contributed by atoms with Crippen molar-refractivity contribution in [1.29, 1.82) is 0 Å². The Kier molecular flexibility index (Phi) is 6.63. The van der Waals surface area contributed by atoms with Gasteiger partial charge in [0, 0.05) is 17.0 Å². The number of rotatable bonds is 8. The topological polar surface area (TPSA) is 89.2 Å². The highest BCUT2D eigenvalue weighted by Gasteiger charge is 2.44. The van der Waals surface area contributed by atoms with Crippen LogP contribution in [-0.4, -0.2) is 42.5 Å². The van der Waals surface area contributed by atoms with Gasteiger partial charge in [-0.25, -0.2) is 0 Å². The van der Waals surface area contributed by atoms with Gasteiger partial charge in [0.15, 0.2) is 23.0 Å². The fourth-order valence-electron chi connectivity index (χ4n) is 4.64. The van der Waals surface area contributed by atoms with Gasteiger partial charge >= 0.3 is 0 Å². The van der Waals surface area contributed by atoms with E-state index in [1.807, 2.05) is 42.5 Å². The number of nitrogens with zero attached hydrogens (tertiary/aromatic N) is 1. The van der Waals surface area contributed by atoms with Crippen molar-refractivity contribution in [2.75, 3.05) is 20.8 Å². The molecule has 0 aliphatic carbocycles. The molecule has 0 radical (unpaired) electrons. The number of carbonyl (C=O) groups excluding carboxylic acids is 2. The lowest BCUT2D eigenvalue weighted by Gasteiger charge is -2.26. The summed E-state index contributed by atoms with van der Waals surface area (Å²) in [5.74, 6) is -0.546. The van der Waals surface area contributed by atoms with E-state index >= 15 is 0 Å². The highest BCUT2D eigenvalue weighted by atomic mass is 35.5. The third-order valence-corrected chi connectivity index (χ3v) is 6.69. The Morgan fingerprint density at radius 1 is 1.00 bits per heavy atom. The Bertz CT molecular complexity index is 1520. The SMILES string of the molecule is COc1ccc(CCN2C(=O)C(O)=C(C(=O)c3cc4cc(Cl)ccc4o3)C2c2ccccc2)cc1OC. The van der Waals surface area contributed by atoms with Gasteiger partial charge in [0.2, 0.25) is 5.78 Å². The molecule has 2 heterocycles. The molecule has 5 rings (SSSR count). The number of hydrogen-bond donors (Lipinski definition) is 1. The van der Waals surface area contributed by atoms with E-state index in [1.54, 1.807) is 44.6 Å². The number of Topliss-reactive ketones (excluding diaryl/α,β-unsaturated/α-hetero) is 1. The maximum atomic E-state index is 13.7. The molecule has 8 heteroatoms. The number of benzene rings is 3. The van der Waals surface area contributed by atoms with Gasteiger partial charge in [-0.05, 0) is 53.9 Å². The van der Waals surface area contributed by atoms with Crippen LogP contribution in [0.4, 0.5) is 0 Å². The van der Waals surface area contributed by atoms with Gasteiger partial charge < -0.3 is 23.9 Å². The van der Waals surface area contributed by atoms with Crippen LogP contribution in [0.25, 0.3) is 11.0 Å². The molecule has 0 saturated heterocycles. The van der Waals surface area contributed by atoms with Crippen LogP contribution in [0.5, 0.6) is 11.5 Å². The maximum Gasteiger partial charge on any atom is 0.290 e. The number of amides is 1. The summed E-state index contributed by atoms with van der Waals surface area (Å²) in [5, 5.41) is 12.1. The van der Waals surface area contributed by atoms with E-state index in [9.17, 15) is 14.7 Å². The zero-order chi connectivity index (χ0) is 26.1. The van der Waals surface area contributed by atoms with E-state index in [0.29, 0.717) is 39.5 Å². The number of aliphatic hydroxyl groups excluding tert-OH is 1. The molecular formula is C29H24ClNO6. The van der Waals surface area contributed by atoms with Crippen molar-refractivity contribution in [3.63, 3.8) is 0 Å². The van der Waals surface area contributed by atoms with E-state index in [2.05, 4.69) is 0 Å². The van der Waals surface area contributed by atoms with Crippen LogP contribution in [-0.2, 0) is 11.2 Å². The molecule has 7 nitrogen and oxygen atoms in total. The minimum absolute atomic E-state index is 0.0198. The van der Waals surface area contributed by atoms with Crippen LogP contribution in [0.2, 0.25) is 5.02 Å². The fraction of sp³-hybridized carbons (Fsp3) is 0.172. The Balaban J connectivity index is 1.49. The van der Waals surface area contributed by atoms with Crippen LogP contribution >= 0.6 is 11.6 Å². The summed E-state index contributed by atoms with van der Waals surface area (Å²) in [6, 6.07) is 20.5. The van der Waals surface area contributed by atoms with Gasteiger partial charge in [-0.1, -0.05) is 48.0 Å². The molecular weight excluding hydrogens is 494 g/mol. The van der Waals surface area contributed by atoms with Crippen LogP contribution < -0.4 is 9.47 Å². The summed E-state index contributed by atoms with van der Waals surface area (Å²) in [6.45, 7) is 0.254. The number of fused-ring (bicyclic) bond motifs is 1. The smallest absolute Gasteiger partial charge is 0.290 e. The van der Waals surface area contributed by atoms with Crippen LogP contribution in [0, 0.1) is 0 Å². The Morgan fingerprint density at radius 3 is 2.49 bits per heavy atom. The number of hydrogen-bond acceptors (Lipinski definition) is 6. The van der Waals surface area contributed by atoms with Crippen molar-refractivity contribution < 1.29 is 28.6 Å². The second-order valence-corrected chi connectivity index (χ2v) is 9.07. The summed E-state index contributed by atoms with van der Waals surface area (Å²) in [7, 11) is 3.12. The molecule has 1 atom stereocenters. The first kappa shape index (κ1) is 24.5. The van der Waals surface area contributed by atoms with E-state index < -0.39 is 23.5 Å². The molecule has 0 saturated carbocycles. The normalized spacial score (nSPS) is 15.5. The standard InChI is InChI=1S/C29H24ClNO6/c1-35-22-10-8-17(14-23(22)36-2)12-13-31-26(18-6-4-3-5-7-18)25(28(33)29(31)34)27(32)24-16-19-15-20(30)9-11-21(19)37-24/h3-11,14-16,26,33H,12-13H2,1-2H3. The van der Waals surface area contributed by atoms with Gasteiger partial charge in [-0.2, -0.15) is 0 Å². The summed E-state index contributed by atoms with van der Waals surface area (Å²) in [4.78, 5) is 28.4. The van der Waals surface area contributed by atoms with Crippen LogP contribution in [0.3, 0.4) is 0 Å².